The zero-order chi connectivity index (χ0) is 57.6. The van der Waals surface area contributed by atoms with Gasteiger partial charge in [-0.05, 0) is 97.2 Å². The van der Waals surface area contributed by atoms with Crippen molar-refractivity contribution in [1.29, 1.82) is 0 Å². The molecule has 0 bridgehead atoms. The predicted octanol–water partition coefficient (Wildman–Crippen LogP) is 15.0. The fourth-order valence-electron chi connectivity index (χ4n) is 7.02. The third-order valence-corrected chi connectivity index (χ3v) is 12.8. The molecule has 0 spiro atoms. The van der Waals surface area contributed by atoms with Crippen LogP contribution in [-0.4, -0.2) is 35.8 Å². The van der Waals surface area contributed by atoms with Crippen LogP contribution in [0.25, 0.3) is 0 Å². The van der Waals surface area contributed by atoms with Gasteiger partial charge in [-0.1, -0.05) is 118 Å². The minimum atomic E-state index is -5.16. The summed E-state index contributed by atoms with van der Waals surface area (Å²) in [7, 11) is -5.16. The van der Waals surface area contributed by atoms with E-state index in [9.17, 15) is 28.8 Å². The number of hydrogen-bond donors (Lipinski definition) is 0. The molecule has 416 valence electrons. The van der Waals surface area contributed by atoms with Crippen LogP contribution in [0.15, 0.2) is 128 Å². The Bertz CT molecular complexity index is 2470. The average Bonchev–Trinajstić information content (AvgIpc) is 3.36. The normalized spacial score (nSPS) is 12.8. The molecule has 0 aromatic heterocycles. The van der Waals surface area contributed by atoms with E-state index in [0.29, 0.717) is 38.5 Å². The second-order valence-corrected chi connectivity index (χ2v) is 20.4. The summed E-state index contributed by atoms with van der Waals surface area (Å²) in [4.78, 5) is 78.2. The van der Waals surface area contributed by atoms with Gasteiger partial charge in [-0.25, -0.2) is 33.3 Å². The lowest BCUT2D eigenvalue weighted by molar-refractivity contribution is -0.131. The smallest absolute Gasteiger partial charge is 0.423 e. The van der Waals surface area contributed by atoms with Gasteiger partial charge in [0, 0.05) is 68.3 Å². The van der Waals surface area contributed by atoms with Crippen molar-refractivity contribution >= 4 is 43.6 Å². The number of carbonyl (C=O) groups is 6. The Morgan fingerprint density at radius 1 is 0.377 bits per heavy atom. The van der Waals surface area contributed by atoms with Gasteiger partial charge < -0.3 is 28.4 Å². The molecule has 0 amide bonds. The largest absolute Gasteiger partial charge is 0.476 e. The van der Waals surface area contributed by atoms with E-state index >= 15 is 4.57 Å². The van der Waals surface area contributed by atoms with E-state index in [2.05, 4.69) is 39.5 Å². The topological polar surface area (TPSA) is 203 Å². The van der Waals surface area contributed by atoms with Gasteiger partial charge >= 0.3 is 43.6 Å². The first-order chi connectivity index (χ1) is 36.3. The molecule has 3 unspecified atom stereocenters. The third-order valence-electron chi connectivity index (χ3n) is 11.3. The van der Waals surface area contributed by atoms with Gasteiger partial charge in [-0.15, -0.1) is 0 Å². The first-order valence-corrected chi connectivity index (χ1v) is 27.1. The molecule has 3 aromatic rings. The fourth-order valence-corrected chi connectivity index (χ4v) is 8.76. The van der Waals surface area contributed by atoms with Crippen molar-refractivity contribution in [1.82, 2.24) is 0 Å². The van der Waals surface area contributed by atoms with E-state index in [4.69, 9.17) is 42.0 Å². The quantitative estimate of drug-likeness (QED) is 0.0183. The van der Waals surface area contributed by atoms with Gasteiger partial charge in [0.05, 0.1) is 18.3 Å². The SMILES string of the molecule is C=C(C)C(=O)Oc1ccc(C(CCCCC)OP(=O)(OC(CCCCC)c2ccc(OC(=O)C(=C)C)cc2OC(=O)C(=C)C)OC(CCCCC)c2ccc(OC(=O)C(=C)C)cc2OC(=O)C(=C)C)c(OC(=O)C(=C)C)c1. The zero-order valence-corrected chi connectivity index (χ0v) is 47.0. The summed E-state index contributed by atoms with van der Waals surface area (Å²) in [6.45, 7) is 36.9. The van der Waals surface area contributed by atoms with Crippen LogP contribution in [-0.2, 0) is 46.9 Å². The monoisotopic (exact) mass is 1080 g/mol. The molecule has 3 atom stereocenters. The van der Waals surface area contributed by atoms with Crippen molar-refractivity contribution < 1.29 is 75.3 Å². The Morgan fingerprint density at radius 2 is 0.597 bits per heavy atom. The number of hydrogen-bond acceptors (Lipinski definition) is 16. The molecule has 0 aliphatic heterocycles. The summed E-state index contributed by atoms with van der Waals surface area (Å²) in [5.41, 5.74) is 0.982. The number of phosphoric ester groups is 1. The molecule has 77 heavy (non-hydrogen) atoms. The van der Waals surface area contributed by atoms with Crippen LogP contribution >= 0.6 is 7.82 Å². The fraction of sp³-hybridized carbons (Fsp3) is 0.400. The summed E-state index contributed by atoms with van der Waals surface area (Å²) in [6, 6.07) is 12.8. The van der Waals surface area contributed by atoms with Gasteiger partial charge in [-0.2, -0.15) is 0 Å². The maximum atomic E-state index is 16.6. The highest BCUT2D eigenvalue weighted by atomic mass is 31.2. The van der Waals surface area contributed by atoms with Gasteiger partial charge in [0.1, 0.15) is 34.5 Å². The van der Waals surface area contributed by atoms with Crippen molar-refractivity contribution in [3.05, 3.63) is 144 Å². The van der Waals surface area contributed by atoms with Crippen LogP contribution in [0.4, 0.5) is 0 Å². The maximum Gasteiger partial charge on any atom is 0.476 e. The van der Waals surface area contributed by atoms with E-state index in [1.165, 1.54) is 96.1 Å². The van der Waals surface area contributed by atoms with Crippen LogP contribution < -0.4 is 28.4 Å². The standard InChI is InChI=1S/C60H75O16P/c1-16-19-22-25-49(46-31-28-43(68-55(61)37(4)5)34-52(46)71-58(64)40(10)11)74-77(67,75-50(26-23-20-17-2)47-32-29-44(69-56(62)38(6)7)35-53(47)72-59(65)41(12)13)76-51(27-24-21-18-3)48-33-30-45(70-57(63)39(8)9)36-54(48)73-60(66)42(14)15/h28-36,49-51H,4,6,8,10,12,14,16-27H2,1-3,5,7,9,11,13,15H3. The Balaban J connectivity index is 2.54. The van der Waals surface area contributed by atoms with Crippen molar-refractivity contribution in [2.75, 3.05) is 0 Å². The third kappa shape index (κ3) is 20.8. The second kappa shape index (κ2) is 31.3. The van der Waals surface area contributed by atoms with Crippen LogP contribution in [0.5, 0.6) is 34.5 Å². The number of benzene rings is 3. The number of phosphoric acid groups is 1. The van der Waals surface area contributed by atoms with Crippen LogP contribution in [0.1, 0.15) is 174 Å². The molecule has 0 saturated carbocycles. The summed E-state index contributed by atoms with van der Waals surface area (Å²) in [6.07, 6.45) is 2.43. The summed E-state index contributed by atoms with van der Waals surface area (Å²) in [5, 5.41) is 0. The molecule has 3 aromatic carbocycles. The van der Waals surface area contributed by atoms with E-state index in [1.54, 1.807) is 0 Å². The number of ether oxygens (including phenoxy) is 6. The molecule has 0 aliphatic carbocycles. The average molecular weight is 1080 g/mol. The highest BCUT2D eigenvalue weighted by Gasteiger charge is 2.41. The molecule has 0 saturated heterocycles. The Morgan fingerprint density at radius 3 is 0.805 bits per heavy atom. The van der Waals surface area contributed by atoms with E-state index < -0.39 is 62.0 Å². The maximum absolute atomic E-state index is 16.6. The van der Waals surface area contributed by atoms with E-state index in [0.717, 1.165) is 19.3 Å². The Labute approximate surface area is 453 Å². The summed E-state index contributed by atoms with van der Waals surface area (Å²) in [5.74, 6) is -5.12. The predicted molar refractivity (Wildman–Crippen MR) is 294 cm³/mol. The molecule has 3 rings (SSSR count). The molecule has 0 N–H and O–H groups in total. The summed E-state index contributed by atoms with van der Waals surface area (Å²) < 4.78 is 71.3. The van der Waals surface area contributed by atoms with Crippen LogP contribution in [0.3, 0.4) is 0 Å². The minimum Gasteiger partial charge on any atom is -0.423 e. The second-order valence-electron chi connectivity index (χ2n) is 18.8. The number of carbonyl (C=O) groups excluding carboxylic acids is 6. The number of esters is 6. The molecule has 0 radical (unpaired) electrons. The highest BCUT2D eigenvalue weighted by Crippen LogP contribution is 2.62. The highest BCUT2D eigenvalue weighted by molar-refractivity contribution is 7.48. The molecule has 0 fully saturated rings. The summed E-state index contributed by atoms with van der Waals surface area (Å²) >= 11 is 0. The Hall–Kier alpha value is -6.97. The van der Waals surface area contributed by atoms with Crippen LogP contribution in [0, 0.1) is 0 Å². The minimum absolute atomic E-state index is 0.00957. The number of rotatable bonds is 33. The Kier molecular flexibility index (Phi) is 26.1. The van der Waals surface area contributed by atoms with Gasteiger partial charge in [-0.3, -0.25) is 13.6 Å². The number of unbranched alkanes of at least 4 members (excludes halogenated alkanes) is 6. The van der Waals surface area contributed by atoms with E-state index in [-0.39, 0.29) is 104 Å². The van der Waals surface area contributed by atoms with Crippen molar-refractivity contribution in [3.63, 3.8) is 0 Å². The van der Waals surface area contributed by atoms with E-state index in [1.807, 2.05) is 20.8 Å². The molecule has 16 nitrogen and oxygen atoms in total. The zero-order valence-electron chi connectivity index (χ0n) is 46.1. The first-order valence-electron chi connectivity index (χ1n) is 25.7. The van der Waals surface area contributed by atoms with Gasteiger partial charge in [0.15, 0.2) is 0 Å². The molecule has 17 heteroatoms. The van der Waals surface area contributed by atoms with Crippen LogP contribution in [0.2, 0.25) is 0 Å². The lowest BCUT2D eigenvalue weighted by atomic mass is 10.0. The molecule has 0 heterocycles. The lowest BCUT2D eigenvalue weighted by Crippen LogP contribution is -2.18. The van der Waals surface area contributed by atoms with Gasteiger partial charge in [0.2, 0.25) is 0 Å². The molecular formula is C60H75O16P. The van der Waals surface area contributed by atoms with Crippen molar-refractivity contribution in [2.45, 2.75) is 158 Å². The molecule has 0 aliphatic rings. The molecular weight excluding hydrogens is 1010 g/mol. The van der Waals surface area contributed by atoms with Gasteiger partial charge in [0.25, 0.3) is 0 Å². The lowest BCUT2D eigenvalue weighted by Gasteiger charge is -2.32. The van der Waals surface area contributed by atoms with Crippen molar-refractivity contribution in [3.8, 4) is 34.5 Å². The van der Waals surface area contributed by atoms with Crippen molar-refractivity contribution in [2.24, 2.45) is 0 Å². The first kappa shape index (κ1) is 64.3.